The highest BCUT2D eigenvalue weighted by atomic mass is 79.9. The third-order valence-corrected chi connectivity index (χ3v) is 2.40. The highest BCUT2D eigenvalue weighted by Crippen LogP contribution is 2.45. The summed E-state index contributed by atoms with van der Waals surface area (Å²) >= 11 is 2.46. The second-order valence-electron chi connectivity index (χ2n) is 3.30. The number of hydrogen-bond donors (Lipinski definition) is 0. The van der Waals surface area contributed by atoms with Gasteiger partial charge < -0.3 is 0 Å². The Morgan fingerprint density at radius 2 is 1.17 bits per heavy atom. The molecule has 0 spiro atoms. The molecule has 1 aromatic rings. The van der Waals surface area contributed by atoms with Crippen LogP contribution in [0, 0.1) is 0 Å². The molecule has 102 valence electrons. The lowest BCUT2D eigenvalue weighted by Gasteiger charge is -2.21. The third kappa shape index (κ3) is 2.93. The van der Waals surface area contributed by atoms with Gasteiger partial charge in [0.1, 0.15) is 0 Å². The molecular formula is C9H3BrF8. The number of hydrogen-bond acceptors (Lipinski definition) is 0. The first-order chi connectivity index (χ1) is 7.85. The summed E-state index contributed by atoms with van der Waals surface area (Å²) in [5.41, 5.74) is -3.35. The van der Waals surface area contributed by atoms with E-state index in [1.54, 1.807) is 0 Å². The minimum Gasteiger partial charge on any atom is -0.191 e. The van der Waals surface area contributed by atoms with E-state index >= 15 is 0 Å². The van der Waals surface area contributed by atoms with Crippen molar-refractivity contribution in [3.05, 3.63) is 33.8 Å². The molecule has 0 aliphatic heterocycles. The molecule has 1 rings (SSSR count). The highest BCUT2D eigenvalue weighted by Gasteiger charge is 2.59. The standard InChI is InChI=1S/C9H3BrF8/c10-6-2-4(7(11,12)9(16,17)18)1-5(3-6)8(13,14)15/h1-3H. The summed E-state index contributed by atoms with van der Waals surface area (Å²) in [5.74, 6) is -5.35. The van der Waals surface area contributed by atoms with Gasteiger partial charge in [-0.15, -0.1) is 0 Å². The second-order valence-corrected chi connectivity index (χ2v) is 4.21. The van der Waals surface area contributed by atoms with Crippen LogP contribution < -0.4 is 0 Å². The average Bonchev–Trinajstić information content (AvgIpc) is 2.13. The van der Waals surface area contributed by atoms with Crippen molar-refractivity contribution in [3.63, 3.8) is 0 Å². The Bertz CT molecular complexity index is 445. The molecule has 0 heterocycles. The van der Waals surface area contributed by atoms with E-state index in [0.29, 0.717) is 12.1 Å². The molecule has 0 aliphatic carbocycles. The lowest BCUT2D eigenvalue weighted by Crippen LogP contribution is -2.33. The van der Waals surface area contributed by atoms with Crippen molar-refractivity contribution < 1.29 is 35.1 Å². The van der Waals surface area contributed by atoms with Crippen LogP contribution in [0.25, 0.3) is 0 Å². The molecule has 0 nitrogen and oxygen atoms in total. The molecule has 0 saturated carbocycles. The topological polar surface area (TPSA) is 0 Å². The van der Waals surface area contributed by atoms with Crippen LogP contribution in [0.3, 0.4) is 0 Å². The average molecular weight is 343 g/mol. The maximum Gasteiger partial charge on any atom is 0.458 e. The fraction of sp³-hybridized carbons (Fsp3) is 0.333. The van der Waals surface area contributed by atoms with Crippen LogP contribution in [0.5, 0.6) is 0 Å². The predicted molar refractivity (Wildman–Crippen MR) is 49.1 cm³/mol. The third-order valence-electron chi connectivity index (χ3n) is 1.94. The summed E-state index contributed by atoms with van der Waals surface area (Å²) in [4.78, 5) is 0. The quantitative estimate of drug-likeness (QED) is 0.621. The molecule has 0 amide bonds. The largest absolute Gasteiger partial charge is 0.458 e. The molecule has 18 heavy (non-hydrogen) atoms. The van der Waals surface area contributed by atoms with E-state index in [1.807, 2.05) is 0 Å². The summed E-state index contributed by atoms with van der Waals surface area (Å²) in [7, 11) is 0. The van der Waals surface area contributed by atoms with Crippen molar-refractivity contribution in [2.24, 2.45) is 0 Å². The van der Waals surface area contributed by atoms with Gasteiger partial charge in [0.15, 0.2) is 0 Å². The predicted octanol–water partition coefficient (Wildman–Crippen LogP) is 5.12. The van der Waals surface area contributed by atoms with Crippen LogP contribution in [0.15, 0.2) is 22.7 Å². The zero-order chi connectivity index (χ0) is 14.4. The smallest absolute Gasteiger partial charge is 0.191 e. The van der Waals surface area contributed by atoms with E-state index < -0.39 is 33.9 Å². The zero-order valence-corrected chi connectivity index (χ0v) is 9.72. The Balaban J connectivity index is 3.40. The maximum atomic E-state index is 12.9. The van der Waals surface area contributed by atoms with Crippen LogP contribution in [-0.4, -0.2) is 6.18 Å². The minimum absolute atomic E-state index is 0.224. The molecule has 0 aromatic heterocycles. The zero-order valence-electron chi connectivity index (χ0n) is 8.13. The Morgan fingerprint density at radius 3 is 1.56 bits per heavy atom. The van der Waals surface area contributed by atoms with E-state index in [0.717, 1.165) is 0 Å². The molecule has 0 radical (unpaired) electrons. The lowest BCUT2D eigenvalue weighted by molar-refractivity contribution is -0.289. The summed E-state index contributed by atoms with van der Waals surface area (Å²) < 4.78 is 98.2. The molecule has 0 aliphatic rings. The fourth-order valence-corrected chi connectivity index (χ4v) is 1.59. The molecule has 0 bridgehead atoms. The molecule has 0 atom stereocenters. The lowest BCUT2D eigenvalue weighted by atomic mass is 10.0. The van der Waals surface area contributed by atoms with Gasteiger partial charge in [-0.25, -0.2) is 0 Å². The number of benzene rings is 1. The molecular weight excluding hydrogens is 340 g/mol. The maximum absolute atomic E-state index is 12.9. The van der Waals surface area contributed by atoms with Crippen molar-refractivity contribution in [1.29, 1.82) is 0 Å². The van der Waals surface area contributed by atoms with E-state index in [9.17, 15) is 35.1 Å². The summed E-state index contributed by atoms with van der Waals surface area (Å²) in [5, 5.41) is 0. The van der Waals surface area contributed by atoms with Gasteiger partial charge in [0.05, 0.1) is 5.56 Å². The first-order valence-electron chi connectivity index (χ1n) is 4.18. The van der Waals surface area contributed by atoms with E-state index in [1.165, 1.54) is 0 Å². The van der Waals surface area contributed by atoms with Gasteiger partial charge in [0, 0.05) is 10.0 Å². The van der Waals surface area contributed by atoms with E-state index in [-0.39, 0.29) is 6.07 Å². The Kier molecular flexibility index (Phi) is 3.68. The Labute approximate surface area is 104 Å². The van der Waals surface area contributed by atoms with E-state index in [4.69, 9.17) is 0 Å². The number of rotatable bonds is 1. The monoisotopic (exact) mass is 342 g/mol. The van der Waals surface area contributed by atoms with Gasteiger partial charge in [-0.1, -0.05) is 15.9 Å². The number of alkyl halides is 8. The van der Waals surface area contributed by atoms with Crippen molar-refractivity contribution in [1.82, 2.24) is 0 Å². The Hall–Kier alpha value is -0.860. The molecule has 0 fully saturated rings. The summed E-state index contributed by atoms with van der Waals surface area (Å²) in [6.45, 7) is 0. The second kappa shape index (κ2) is 4.36. The van der Waals surface area contributed by atoms with Gasteiger partial charge in [0.2, 0.25) is 0 Å². The summed E-state index contributed by atoms with van der Waals surface area (Å²) in [6.07, 6.45) is -11.0. The Morgan fingerprint density at radius 1 is 0.722 bits per heavy atom. The molecule has 0 N–H and O–H groups in total. The first-order valence-corrected chi connectivity index (χ1v) is 4.98. The van der Waals surface area contributed by atoms with Crippen LogP contribution in [0.4, 0.5) is 35.1 Å². The van der Waals surface area contributed by atoms with Gasteiger partial charge >= 0.3 is 18.3 Å². The van der Waals surface area contributed by atoms with E-state index in [2.05, 4.69) is 15.9 Å². The number of halogens is 9. The molecule has 9 heteroatoms. The SMILES string of the molecule is FC(F)(F)c1cc(Br)cc(C(F)(F)C(F)(F)F)c1. The van der Waals surface area contributed by atoms with Gasteiger partial charge in [0.25, 0.3) is 0 Å². The molecule has 0 unspecified atom stereocenters. The van der Waals surface area contributed by atoms with Crippen LogP contribution >= 0.6 is 15.9 Å². The molecule has 1 aromatic carbocycles. The minimum atomic E-state index is -5.96. The summed E-state index contributed by atoms with van der Waals surface area (Å²) in [6, 6.07) is 0.483. The highest BCUT2D eigenvalue weighted by molar-refractivity contribution is 9.10. The normalized spacial score (nSPS) is 13.8. The van der Waals surface area contributed by atoms with Crippen molar-refractivity contribution in [3.8, 4) is 0 Å². The van der Waals surface area contributed by atoms with Crippen LogP contribution in [0.1, 0.15) is 11.1 Å². The first kappa shape index (κ1) is 15.2. The van der Waals surface area contributed by atoms with Crippen LogP contribution in [0.2, 0.25) is 0 Å². The van der Waals surface area contributed by atoms with Crippen molar-refractivity contribution in [2.75, 3.05) is 0 Å². The molecule has 0 saturated heterocycles. The van der Waals surface area contributed by atoms with Gasteiger partial charge in [-0.05, 0) is 18.2 Å². The fourth-order valence-electron chi connectivity index (χ4n) is 1.10. The van der Waals surface area contributed by atoms with Gasteiger partial charge in [-0.2, -0.15) is 35.1 Å². The van der Waals surface area contributed by atoms with Crippen molar-refractivity contribution in [2.45, 2.75) is 18.3 Å². The van der Waals surface area contributed by atoms with Crippen molar-refractivity contribution >= 4 is 15.9 Å². The van der Waals surface area contributed by atoms with Gasteiger partial charge in [-0.3, -0.25) is 0 Å². The van der Waals surface area contributed by atoms with Crippen LogP contribution in [-0.2, 0) is 12.1 Å².